The van der Waals surface area contributed by atoms with Gasteiger partial charge in [0.1, 0.15) is 10.6 Å². The fraction of sp³-hybridized carbons (Fsp3) is 0.200. The number of anilines is 1. The highest BCUT2D eigenvalue weighted by molar-refractivity contribution is 7.99. The molecule has 0 aliphatic heterocycles. The van der Waals surface area contributed by atoms with E-state index in [-0.39, 0.29) is 21.6 Å². The molecule has 4 rings (SSSR count). The third-order valence-electron chi connectivity index (χ3n) is 5.26. The summed E-state index contributed by atoms with van der Waals surface area (Å²) in [5, 5.41) is 12.0. The Labute approximate surface area is 230 Å². The number of halogens is 1. The van der Waals surface area contributed by atoms with Gasteiger partial charge < -0.3 is 10.1 Å². The second kappa shape index (κ2) is 11.9. The van der Waals surface area contributed by atoms with Crippen LogP contribution in [-0.2, 0) is 14.8 Å². The summed E-state index contributed by atoms with van der Waals surface area (Å²) in [6, 6.07) is 15.5. The first-order valence-electron chi connectivity index (χ1n) is 11.4. The van der Waals surface area contributed by atoms with Gasteiger partial charge in [0, 0.05) is 43.4 Å². The third-order valence-corrected chi connectivity index (χ3v) is 8.49. The number of carbonyl (C=O) groups excluding carboxylic acids is 1. The summed E-state index contributed by atoms with van der Waals surface area (Å²) in [5.74, 6) is 0.955. The van der Waals surface area contributed by atoms with Gasteiger partial charge in [-0.1, -0.05) is 23.4 Å². The van der Waals surface area contributed by atoms with Crippen LogP contribution in [-0.4, -0.2) is 64.8 Å². The normalized spacial score (nSPS) is 11.5. The first-order valence-corrected chi connectivity index (χ1v) is 14.2. The first-order chi connectivity index (χ1) is 18.2. The van der Waals surface area contributed by atoms with Gasteiger partial charge in [-0.05, 0) is 61.5 Å². The molecular formula is C25H25ClN6O4S2. The van der Waals surface area contributed by atoms with Gasteiger partial charge in [-0.2, -0.15) is 0 Å². The van der Waals surface area contributed by atoms with Crippen LogP contribution in [0.15, 0.2) is 77.0 Å². The average Bonchev–Trinajstić information content (AvgIpc) is 3.33. The highest BCUT2D eigenvalue weighted by Crippen LogP contribution is 2.30. The predicted octanol–water partition coefficient (Wildman–Crippen LogP) is 4.36. The lowest BCUT2D eigenvalue weighted by atomic mass is 10.2. The van der Waals surface area contributed by atoms with Gasteiger partial charge in [0.05, 0.1) is 17.4 Å². The lowest BCUT2D eigenvalue weighted by Crippen LogP contribution is -2.23. The molecule has 38 heavy (non-hydrogen) atoms. The Balaban J connectivity index is 1.57. The fourth-order valence-electron chi connectivity index (χ4n) is 3.44. The minimum absolute atomic E-state index is 0.000588. The number of pyridine rings is 1. The van der Waals surface area contributed by atoms with E-state index in [9.17, 15) is 13.2 Å². The topological polar surface area (TPSA) is 119 Å². The zero-order valence-corrected chi connectivity index (χ0v) is 23.2. The Hall–Kier alpha value is -3.45. The molecule has 0 saturated carbocycles. The molecule has 2 heterocycles. The predicted molar refractivity (Wildman–Crippen MR) is 147 cm³/mol. The summed E-state index contributed by atoms with van der Waals surface area (Å²) in [7, 11) is -0.958. The number of sulfonamides is 1. The van der Waals surface area contributed by atoms with Crippen molar-refractivity contribution in [2.45, 2.75) is 17.0 Å². The monoisotopic (exact) mass is 572 g/mol. The Bertz CT molecular complexity index is 1530. The van der Waals surface area contributed by atoms with Gasteiger partial charge in [-0.15, -0.1) is 10.2 Å². The SMILES string of the molecule is CCOc1ccc(-n2c(SCC(=O)Nc3ccc(Cl)c(S(=O)(=O)N(C)C)c3)nnc2-c2cccnc2)cc1. The number of aromatic nitrogens is 4. The molecule has 0 radical (unpaired) electrons. The van der Waals surface area contributed by atoms with E-state index in [0.717, 1.165) is 21.3 Å². The highest BCUT2D eigenvalue weighted by atomic mass is 35.5. The van der Waals surface area contributed by atoms with Gasteiger partial charge >= 0.3 is 0 Å². The minimum Gasteiger partial charge on any atom is -0.494 e. The van der Waals surface area contributed by atoms with E-state index < -0.39 is 10.0 Å². The van der Waals surface area contributed by atoms with Crippen molar-refractivity contribution in [3.05, 3.63) is 72.0 Å². The lowest BCUT2D eigenvalue weighted by molar-refractivity contribution is -0.113. The van der Waals surface area contributed by atoms with Crippen LogP contribution < -0.4 is 10.1 Å². The molecule has 10 nitrogen and oxygen atoms in total. The number of nitrogens with one attached hydrogen (secondary N) is 1. The first kappa shape index (κ1) is 27.6. The minimum atomic E-state index is -3.78. The van der Waals surface area contributed by atoms with Crippen LogP contribution >= 0.6 is 23.4 Å². The number of hydrogen-bond acceptors (Lipinski definition) is 8. The summed E-state index contributed by atoms with van der Waals surface area (Å²) < 4.78 is 33.5. The van der Waals surface area contributed by atoms with Crippen LogP contribution in [0.2, 0.25) is 5.02 Å². The Morgan fingerprint density at radius 3 is 2.55 bits per heavy atom. The summed E-state index contributed by atoms with van der Waals surface area (Å²) in [4.78, 5) is 16.9. The summed E-state index contributed by atoms with van der Waals surface area (Å²) >= 11 is 7.30. The van der Waals surface area contributed by atoms with E-state index in [1.54, 1.807) is 18.5 Å². The molecule has 0 atom stereocenters. The van der Waals surface area contributed by atoms with Crippen LogP contribution in [0.1, 0.15) is 6.92 Å². The Kier molecular flexibility index (Phi) is 8.67. The number of ether oxygens (including phenoxy) is 1. The van der Waals surface area contributed by atoms with Gasteiger partial charge in [0.15, 0.2) is 11.0 Å². The maximum atomic E-state index is 12.8. The summed E-state index contributed by atoms with van der Waals surface area (Å²) in [6.07, 6.45) is 3.36. The molecule has 0 saturated heterocycles. The van der Waals surface area contributed by atoms with Crippen molar-refractivity contribution >= 4 is 45.0 Å². The van der Waals surface area contributed by atoms with Crippen molar-refractivity contribution in [3.63, 3.8) is 0 Å². The molecule has 0 unspecified atom stereocenters. The zero-order valence-electron chi connectivity index (χ0n) is 20.8. The fourth-order valence-corrected chi connectivity index (χ4v) is 5.58. The average molecular weight is 573 g/mol. The van der Waals surface area contributed by atoms with Gasteiger partial charge in [0.25, 0.3) is 0 Å². The molecule has 1 amide bonds. The van der Waals surface area contributed by atoms with Gasteiger partial charge in [-0.3, -0.25) is 14.3 Å². The smallest absolute Gasteiger partial charge is 0.244 e. The molecule has 0 spiro atoms. The molecular weight excluding hydrogens is 548 g/mol. The Morgan fingerprint density at radius 1 is 1.13 bits per heavy atom. The van der Waals surface area contributed by atoms with Crippen molar-refractivity contribution in [1.29, 1.82) is 0 Å². The molecule has 4 aromatic rings. The van der Waals surface area contributed by atoms with E-state index in [4.69, 9.17) is 16.3 Å². The van der Waals surface area contributed by atoms with E-state index in [2.05, 4.69) is 20.5 Å². The van der Waals surface area contributed by atoms with Crippen molar-refractivity contribution in [1.82, 2.24) is 24.1 Å². The van der Waals surface area contributed by atoms with Crippen molar-refractivity contribution in [2.24, 2.45) is 0 Å². The standard InChI is InChI=1S/C25H25ClN6O4S2/c1-4-36-20-10-8-19(9-11-20)32-24(17-6-5-13-27-15-17)29-30-25(32)37-16-23(33)28-18-7-12-21(26)22(14-18)38(34,35)31(2)3/h5-15H,4,16H2,1-3H3,(H,28,33). The molecule has 198 valence electrons. The molecule has 2 aromatic carbocycles. The van der Waals surface area contributed by atoms with E-state index in [1.807, 2.05) is 47.9 Å². The van der Waals surface area contributed by atoms with E-state index in [0.29, 0.717) is 23.3 Å². The van der Waals surface area contributed by atoms with E-state index >= 15 is 0 Å². The molecule has 13 heteroatoms. The van der Waals surface area contributed by atoms with Gasteiger partial charge in [0.2, 0.25) is 15.9 Å². The largest absolute Gasteiger partial charge is 0.494 e. The lowest BCUT2D eigenvalue weighted by Gasteiger charge is -2.14. The van der Waals surface area contributed by atoms with Crippen LogP contribution in [0.5, 0.6) is 5.75 Å². The van der Waals surface area contributed by atoms with Crippen molar-refractivity contribution in [2.75, 3.05) is 31.8 Å². The number of benzene rings is 2. The third kappa shape index (κ3) is 6.16. The van der Waals surface area contributed by atoms with Gasteiger partial charge in [-0.25, -0.2) is 12.7 Å². The molecule has 0 aliphatic carbocycles. The van der Waals surface area contributed by atoms with Crippen LogP contribution in [0.25, 0.3) is 17.1 Å². The summed E-state index contributed by atoms with van der Waals surface area (Å²) in [5.41, 5.74) is 1.86. The number of thioether (sulfide) groups is 1. The molecule has 2 aromatic heterocycles. The van der Waals surface area contributed by atoms with Crippen molar-refractivity contribution in [3.8, 4) is 22.8 Å². The molecule has 0 bridgehead atoms. The van der Waals surface area contributed by atoms with E-state index in [1.165, 1.54) is 38.0 Å². The maximum absolute atomic E-state index is 12.8. The Morgan fingerprint density at radius 2 is 1.89 bits per heavy atom. The second-order valence-electron chi connectivity index (χ2n) is 8.08. The maximum Gasteiger partial charge on any atom is 0.244 e. The number of amides is 1. The summed E-state index contributed by atoms with van der Waals surface area (Å²) in [6.45, 7) is 2.47. The number of rotatable bonds is 10. The number of carbonyl (C=O) groups is 1. The van der Waals surface area contributed by atoms with Crippen LogP contribution in [0.4, 0.5) is 5.69 Å². The van der Waals surface area contributed by atoms with Crippen LogP contribution in [0.3, 0.4) is 0 Å². The zero-order chi connectivity index (χ0) is 27.3. The molecule has 0 aliphatic rings. The molecule has 1 N–H and O–H groups in total. The van der Waals surface area contributed by atoms with Crippen LogP contribution in [0, 0.1) is 0 Å². The quantitative estimate of drug-likeness (QED) is 0.278. The number of nitrogens with zero attached hydrogens (tertiary/aromatic N) is 5. The highest BCUT2D eigenvalue weighted by Gasteiger charge is 2.22. The second-order valence-corrected chi connectivity index (χ2v) is 11.5. The van der Waals surface area contributed by atoms with Crippen molar-refractivity contribution < 1.29 is 17.9 Å². The number of hydrogen-bond donors (Lipinski definition) is 1. The molecule has 0 fully saturated rings.